The molecule has 1 atom stereocenters. The molecule has 7 heteroatoms. The number of rotatable bonds is 6. The molecule has 1 aromatic carbocycles. The van der Waals surface area contributed by atoms with E-state index in [-0.39, 0.29) is 17.9 Å². The highest BCUT2D eigenvalue weighted by atomic mass is 16.4. The van der Waals surface area contributed by atoms with Crippen LogP contribution < -0.4 is 10.9 Å². The number of carbonyl (C=O) groups excluding carboxylic acids is 1. The van der Waals surface area contributed by atoms with Crippen molar-refractivity contribution in [3.63, 3.8) is 0 Å². The molecule has 0 aliphatic carbocycles. The van der Waals surface area contributed by atoms with Crippen molar-refractivity contribution in [3.05, 3.63) is 45.5 Å². The fraction of sp³-hybridized carbons (Fsp3) is 0.381. The van der Waals surface area contributed by atoms with Gasteiger partial charge in [-0.2, -0.15) is 0 Å². The number of fused-ring (bicyclic) bond motifs is 2. The van der Waals surface area contributed by atoms with Crippen molar-refractivity contribution in [3.8, 4) is 0 Å². The van der Waals surface area contributed by atoms with E-state index in [1.165, 1.54) is 0 Å². The Morgan fingerprint density at radius 2 is 1.86 bits per heavy atom. The number of aliphatic carboxylic acids is 1. The van der Waals surface area contributed by atoms with Crippen LogP contribution in [0.5, 0.6) is 0 Å². The summed E-state index contributed by atoms with van der Waals surface area (Å²) in [5, 5.41) is 13.4. The third-order valence-electron chi connectivity index (χ3n) is 4.85. The van der Waals surface area contributed by atoms with E-state index in [4.69, 9.17) is 8.83 Å². The van der Waals surface area contributed by atoms with Crippen LogP contribution in [0.15, 0.2) is 32.0 Å². The highest BCUT2D eigenvalue weighted by Gasteiger charge is 2.23. The van der Waals surface area contributed by atoms with Gasteiger partial charge in [-0.25, -0.2) is 9.59 Å². The Morgan fingerprint density at radius 3 is 2.50 bits per heavy atom. The fourth-order valence-corrected chi connectivity index (χ4v) is 3.34. The van der Waals surface area contributed by atoms with Crippen LogP contribution in [0.25, 0.3) is 21.9 Å². The minimum atomic E-state index is -1.10. The summed E-state index contributed by atoms with van der Waals surface area (Å²) in [4.78, 5) is 36.2. The number of benzene rings is 1. The number of nitrogens with one attached hydrogen (secondary N) is 1. The quantitative estimate of drug-likeness (QED) is 0.630. The zero-order valence-electron chi connectivity index (χ0n) is 16.3. The number of carboxylic acid groups (broad SMARTS) is 1. The first-order valence-electron chi connectivity index (χ1n) is 9.13. The number of carbonyl (C=O) groups is 2. The molecule has 0 saturated heterocycles. The summed E-state index contributed by atoms with van der Waals surface area (Å²) in [5.41, 5.74) is 2.21. The number of hydrogen-bond donors (Lipinski definition) is 2. The van der Waals surface area contributed by atoms with Gasteiger partial charge in [0.2, 0.25) is 5.91 Å². The lowest BCUT2D eigenvalue weighted by molar-refractivity contribution is -0.142. The number of hydrogen-bond acceptors (Lipinski definition) is 5. The van der Waals surface area contributed by atoms with Crippen LogP contribution >= 0.6 is 0 Å². The molecular formula is C21H23NO6. The third-order valence-corrected chi connectivity index (χ3v) is 4.85. The van der Waals surface area contributed by atoms with Crippen molar-refractivity contribution in [1.82, 2.24) is 5.32 Å². The monoisotopic (exact) mass is 385 g/mol. The normalized spacial score (nSPS) is 12.6. The molecule has 0 fully saturated rings. The van der Waals surface area contributed by atoms with E-state index >= 15 is 0 Å². The Bertz CT molecular complexity index is 1120. The molecular weight excluding hydrogens is 362 g/mol. The van der Waals surface area contributed by atoms with Crippen LogP contribution in [0.3, 0.4) is 0 Å². The second kappa shape index (κ2) is 7.50. The largest absolute Gasteiger partial charge is 0.480 e. The van der Waals surface area contributed by atoms with Gasteiger partial charge in [0, 0.05) is 16.8 Å². The molecule has 2 N–H and O–H groups in total. The van der Waals surface area contributed by atoms with Crippen LogP contribution in [0, 0.1) is 19.8 Å². The molecule has 7 nitrogen and oxygen atoms in total. The Balaban J connectivity index is 1.95. The minimum absolute atomic E-state index is 0.106. The maximum atomic E-state index is 12.4. The van der Waals surface area contributed by atoms with E-state index in [9.17, 15) is 19.5 Å². The van der Waals surface area contributed by atoms with Gasteiger partial charge in [-0.05, 0) is 43.4 Å². The van der Waals surface area contributed by atoms with E-state index in [1.54, 1.807) is 19.3 Å². The average Bonchev–Trinajstić information content (AvgIpc) is 2.96. The molecule has 2 aromatic heterocycles. The summed E-state index contributed by atoms with van der Waals surface area (Å²) >= 11 is 0. The highest BCUT2D eigenvalue weighted by molar-refractivity contribution is 5.96. The smallest absolute Gasteiger partial charge is 0.340 e. The Hall–Kier alpha value is -3.09. The number of aryl methyl sites for hydroxylation is 2. The molecule has 0 spiro atoms. The van der Waals surface area contributed by atoms with E-state index in [1.807, 2.05) is 26.8 Å². The SMILES string of the molecule is Cc1coc2cc3oc(=O)c(CC(=O)N[C@@H](CC(C)C)C(=O)O)c(C)c3cc12. The van der Waals surface area contributed by atoms with Gasteiger partial charge >= 0.3 is 11.6 Å². The van der Waals surface area contributed by atoms with Crippen LogP contribution in [0.4, 0.5) is 0 Å². The van der Waals surface area contributed by atoms with Gasteiger partial charge in [0.1, 0.15) is 17.2 Å². The fourth-order valence-electron chi connectivity index (χ4n) is 3.34. The lowest BCUT2D eigenvalue weighted by Gasteiger charge is -2.16. The van der Waals surface area contributed by atoms with Gasteiger partial charge in [-0.3, -0.25) is 4.79 Å². The predicted octanol–water partition coefficient (Wildman–Crippen LogP) is 3.31. The second-order valence-corrected chi connectivity index (χ2v) is 7.52. The molecule has 0 unspecified atom stereocenters. The van der Waals surface area contributed by atoms with Crippen molar-refractivity contribution in [2.45, 2.75) is 46.6 Å². The molecule has 28 heavy (non-hydrogen) atoms. The molecule has 0 radical (unpaired) electrons. The molecule has 148 valence electrons. The van der Waals surface area contributed by atoms with Crippen molar-refractivity contribution < 1.29 is 23.5 Å². The molecule has 0 bridgehead atoms. The van der Waals surface area contributed by atoms with Crippen LogP contribution in [-0.2, 0) is 16.0 Å². The summed E-state index contributed by atoms with van der Waals surface area (Å²) in [7, 11) is 0. The van der Waals surface area contributed by atoms with Crippen LogP contribution in [-0.4, -0.2) is 23.0 Å². The molecule has 3 aromatic rings. The lowest BCUT2D eigenvalue weighted by Crippen LogP contribution is -2.42. The first-order valence-corrected chi connectivity index (χ1v) is 9.13. The van der Waals surface area contributed by atoms with Crippen molar-refractivity contribution in [2.75, 3.05) is 0 Å². The lowest BCUT2D eigenvalue weighted by atomic mass is 10.0. The third kappa shape index (κ3) is 3.78. The van der Waals surface area contributed by atoms with Gasteiger partial charge in [-0.15, -0.1) is 0 Å². The van der Waals surface area contributed by atoms with E-state index in [0.717, 1.165) is 16.3 Å². The van der Waals surface area contributed by atoms with Crippen molar-refractivity contribution in [2.24, 2.45) is 5.92 Å². The molecule has 2 heterocycles. The molecule has 0 aliphatic rings. The molecule has 3 rings (SSSR count). The average molecular weight is 385 g/mol. The number of carboxylic acids is 1. The van der Waals surface area contributed by atoms with Gasteiger partial charge in [0.05, 0.1) is 18.2 Å². The van der Waals surface area contributed by atoms with Crippen LogP contribution in [0.2, 0.25) is 0 Å². The summed E-state index contributed by atoms with van der Waals surface area (Å²) in [6, 6.07) is 2.55. The van der Waals surface area contributed by atoms with Gasteiger partial charge < -0.3 is 19.3 Å². The van der Waals surface area contributed by atoms with E-state index in [0.29, 0.717) is 23.2 Å². The first kappa shape index (κ1) is 19.7. The predicted molar refractivity (Wildman–Crippen MR) is 104 cm³/mol. The maximum Gasteiger partial charge on any atom is 0.340 e. The van der Waals surface area contributed by atoms with Crippen molar-refractivity contribution in [1.29, 1.82) is 0 Å². The van der Waals surface area contributed by atoms with Crippen molar-refractivity contribution >= 4 is 33.8 Å². The van der Waals surface area contributed by atoms with E-state index < -0.39 is 23.5 Å². The Kier molecular flexibility index (Phi) is 5.27. The van der Waals surface area contributed by atoms with Gasteiger partial charge in [-0.1, -0.05) is 13.8 Å². The zero-order chi connectivity index (χ0) is 20.6. The summed E-state index contributed by atoms with van der Waals surface area (Å²) in [6.45, 7) is 7.43. The molecule has 0 aliphatic heterocycles. The maximum absolute atomic E-state index is 12.4. The van der Waals surface area contributed by atoms with Crippen LogP contribution in [0.1, 0.15) is 37.0 Å². The second-order valence-electron chi connectivity index (χ2n) is 7.52. The standard InChI is InChI=1S/C21H23NO6/c1-10(2)5-16(20(24)25)22-19(23)7-15-12(4)14-6-13-11(3)9-27-17(13)8-18(14)28-21(15)26/h6,8-10,16H,5,7H2,1-4H3,(H,22,23)(H,24,25)/t16-/m0/s1. The summed E-state index contributed by atoms with van der Waals surface area (Å²) < 4.78 is 10.8. The van der Waals surface area contributed by atoms with Gasteiger partial charge in [0.25, 0.3) is 0 Å². The Labute approximate surface area is 161 Å². The highest BCUT2D eigenvalue weighted by Crippen LogP contribution is 2.28. The number of furan rings is 1. The zero-order valence-corrected chi connectivity index (χ0v) is 16.3. The van der Waals surface area contributed by atoms with E-state index in [2.05, 4.69) is 5.32 Å². The van der Waals surface area contributed by atoms with Gasteiger partial charge in [0.15, 0.2) is 0 Å². The summed E-state index contributed by atoms with van der Waals surface area (Å²) in [6.07, 6.45) is 1.70. The summed E-state index contributed by atoms with van der Waals surface area (Å²) in [5.74, 6) is -1.51. The first-order chi connectivity index (χ1) is 13.2. The topological polar surface area (TPSA) is 110 Å². The minimum Gasteiger partial charge on any atom is -0.480 e. The Morgan fingerprint density at radius 1 is 1.14 bits per heavy atom. The molecule has 0 saturated carbocycles. The molecule has 1 amide bonds. The number of amides is 1.